The molecule has 0 spiro atoms. The fourth-order valence-electron chi connectivity index (χ4n) is 5.56. The standard InChI is InChI=1S/C18H24Br2N2/c1-10-12-2-11-3-13(10)8-18(6-11,7-12)22-9-14-4-15(19)5-16(20)17(14)21/h4-5,10-13,22H,2-3,6-9,21H2,1H3. The molecule has 22 heavy (non-hydrogen) atoms. The minimum absolute atomic E-state index is 0.379. The first-order chi connectivity index (χ1) is 10.5. The Morgan fingerprint density at radius 2 is 1.86 bits per heavy atom. The molecule has 4 heteroatoms. The van der Waals surface area contributed by atoms with Gasteiger partial charge in [0.25, 0.3) is 0 Å². The highest BCUT2D eigenvalue weighted by atomic mass is 79.9. The third kappa shape index (κ3) is 2.55. The maximum Gasteiger partial charge on any atom is 0.0504 e. The first-order valence-electron chi connectivity index (χ1n) is 8.44. The van der Waals surface area contributed by atoms with Crippen LogP contribution in [0.2, 0.25) is 0 Å². The molecule has 0 heterocycles. The van der Waals surface area contributed by atoms with Gasteiger partial charge in [0.05, 0.1) is 5.69 Å². The molecule has 0 aliphatic heterocycles. The average molecular weight is 428 g/mol. The number of benzene rings is 1. The summed E-state index contributed by atoms with van der Waals surface area (Å²) in [6.07, 6.45) is 7.08. The fraction of sp³-hybridized carbons (Fsp3) is 0.667. The molecular weight excluding hydrogens is 404 g/mol. The van der Waals surface area contributed by atoms with Crippen molar-refractivity contribution in [3.63, 3.8) is 0 Å². The highest BCUT2D eigenvalue weighted by molar-refractivity contribution is 9.11. The number of hydrogen-bond donors (Lipinski definition) is 2. The van der Waals surface area contributed by atoms with E-state index in [1.807, 2.05) is 6.07 Å². The highest BCUT2D eigenvalue weighted by Crippen LogP contribution is 2.58. The lowest BCUT2D eigenvalue weighted by Crippen LogP contribution is -2.60. The molecule has 2 unspecified atom stereocenters. The van der Waals surface area contributed by atoms with E-state index in [2.05, 4.69) is 50.2 Å². The summed E-state index contributed by atoms with van der Waals surface area (Å²) in [5.74, 6) is 3.81. The van der Waals surface area contributed by atoms with Gasteiger partial charge in [0.2, 0.25) is 0 Å². The maximum atomic E-state index is 6.24. The van der Waals surface area contributed by atoms with Crippen molar-refractivity contribution in [1.82, 2.24) is 5.32 Å². The van der Waals surface area contributed by atoms with Crippen molar-refractivity contribution < 1.29 is 0 Å². The van der Waals surface area contributed by atoms with Gasteiger partial charge < -0.3 is 11.1 Å². The Morgan fingerprint density at radius 1 is 1.18 bits per heavy atom. The zero-order valence-electron chi connectivity index (χ0n) is 13.0. The van der Waals surface area contributed by atoms with E-state index in [1.54, 1.807) is 0 Å². The van der Waals surface area contributed by atoms with Crippen LogP contribution < -0.4 is 11.1 Å². The second-order valence-electron chi connectivity index (χ2n) is 7.92. The summed E-state index contributed by atoms with van der Waals surface area (Å²) < 4.78 is 2.07. The van der Waals surface area contributed by atoms with Crippen molar-refractivity contribution in [3.8, 4) is 0 Å². The molecule has 5 rings (SSSR count). The van der Waals surface area contributed by atoms with Crippen LogP contribution in [0.15, 0.2) is 21.1 Å². The Morgan fingerprint density at radius 3 is 2.55 bits per heavy atom. The summed E-state index contributed by atoms with van der Waals surface area (Å²) in [4.78, 5) is 0. The second kappa shape index (κ2) is 5.49. The first-order valence-corrected chi connectivity index (χ1v) is 10.0. The van der Waals surface area contributed by atoms with Crippen molar-refractivity contribution in [2.24, 2.45) is 23.7 Å². The number of nitrogens with two attached hydrogens (primary N) is 1. The van der Waals surface area contributed by atoms with Gasteiger partial charge in [0, 0.05) is 21.0 Å². The molecule has 4 aliphatic carbocycles. The normalized spacial score (nSPS) is 39.4. The van der Waals surface area contributed by atoms with E-state index in [4.69, 9.17) is 5.73 Å². The Kier molecular flexibility index (Phi) is 3.86. The topological polar surface area (TPSA) is 38.0 Å². The van der Waals surface area contributed by atoms with Crippen LogP contribution in [0, 0.1) is 23.7 Å². The van der Waals surface area contributed by atoms with E-state index in [9.17, 15) is 0 Å². The van der Waals surface area contributed by atoms with Gasteiger partial charge in [-0.25, -0.2) is 0 Å². The number of anilines is 1. The second-order valence-corrected chi connectivity index (χ2v) is 9.69. The lowest BCUT2D eigenvalue weighted by atomic mass is 9.49. The van der Waals surface area contributed by atoms with E-state index in [1.165, 1.54) is 37.7 Å². The number of nitrogen functional groups attached to an aromatic ring is 1. The van der Waals surface area contributed by atoms with Crippen LogP contribution >= 0.6 is 31.9 Å². The third-order valence-electron chi connectivity index (χ3n) is 6.58. The van der Waals surface area contributed by atoms with Gasteiger partial charge in [-0.15, -0.1) is 0 Å². The van der Waals surface area contributed by atoms with Crippen LogP contribution in [-0.4, -0.2) is 5.54 Å². The monoisotopic (exact) mass is 426 g/mol. The molecule has 3 N–H and O–H groups in total. The van der Waals surface area contributed by atoms with Gasteiger partial charge in [0.1, 0.15) is 0 Å². The molecule has 120 valence electrons. The quantitative estimate of drug-likeness (QED) is 0.658. The molecule has 1 aromatic carbocycles. The zero-order valence-corrected chi connectivity index (χ0v) is 16.2. The maximum absolute atomic E-state index is 6.24. The summed E-state index contributed by atoms with van der Waals surface area (Å²) >= 11 is 7.13. The van der Waals surface area contributed by atoms with Crippen LogP contribution in [0.5, 0.6) is 0 Å². The van der Waals surface area contributed by atoms with E-state index in [0.29, 0.717) is 5.54 Å². The van der Waals surface area contributed by atoms with Gasteiger partial charge in [0.15, 0.2) is 0 Å². The molecule has 4 saturated carbocycles. The van der Waals surface area contributed by atoms with Gasteiger partial charge in [-0.2, -0.15) is 0 Å². The van der Waals surface area contributed by atoms with Gasteiger partial charge in [-0.05, 0) is 89.4 Å². The molecular formula is C18H24Br2N2. The van der Waals surface area contributed by atoms with Crippen molar-refractivity contribution in [3.05, 3.63) is 26.6 Å². The molecule has 0 aromatic heterocycles. The van der Waals surface area contributed by atoms with Gasteiger partial charge in [-0.3, -0.25) is 0 Å². The van der Waals surface area contributed by atoms with Crippen LogP contribution in [-0.2, 0) is 6.54 Å². The van der Waals surface area contributed by atoms with Crippen LogP contribution in [0.1, 0.15) is 44.6 Å². The summed E-state index contributed by atoms with van der Waals surface area (Å²) in [5.41, 5.74) is 8.69. The molecule has 4 bridgehead atoms. The smallest absolute Gasteiger partial charge is 0.0504 e. The number of nitrogens with one attached hydrogen (secondary N) is 1. The van der Waals surface area contributed by atoms with Crippen molar-refractivity contribution >= 4 is 37.5 Å². The Hall–Kier alpha value is -0.0600. The van der Waals surface area contributed by atoms with Crippen LogP contribution in [0.25, 0.3) is 0 Å². The van der Waals surface area contributed by atoms with Gasteiger partial charge in [-0.1, -0.05) is 22.9 Å². The largest absolute Gasteiger partial charge is 0.398 e. The summed E-state index contributed by atoms with van der Waals surface area (Å²) in [7, 11) is 0. The van der Waals surface area contributed by atoms with Crippen molar-refractivity contribution in [2.75, 3.05) is 5.73 Å². The summed E-state index contributed by atoms with van der Waals surface area (Å²) in [6.45, 7) is 3.37. The number of rotatable bonds is 3. The fourth-order valence-corrected chi connectivity index (χ4v) is 6.88. The molecule has 2 atom stereocenters. The molecule has 0 radical (unpaired) electrons. The minimum Gasteiger partial charge on any atom is -0.398 e. The molecule has 0 saturated heterocycles. The number of hydrogen-bond acceptors (Lipinski definition) is 2. The third-order valence-corrected chi connectivity index (χ3v) is 7.69. The summed E-state index contributed by atoms with van der Waals surface area (Å²) in [5, 5.41) is 3.94. The number of halogens is 2. The predicted molar refractivity (Wildman–Crippen MR) is 98.5 cm³/mol. The predicted octanol–water partition coefficient (Wildman–Crippen LogP) is 5.10. The minimum atomic E-state index is 0.379. The Balaban J connectivity index is 1.53. The van der Waals surface area contributed by atoms with E-state index >= 15 is 0 Å². The SMILES string of the molecule is CC1C2CC3CC1CC(NCc1cc(Br)cc(Br)c1N)(C3)C2. The highest BCUT2D eigenvalue weighted by Gasteiger charge is 2.53. The molecule has 1 aromatic rings. The van der Waals surface area contributed by atoms with Crippen LogP contribution in [0.4, 0.5) is 5.69 Å². The molecule has 4 fully saturated rings. The Labute approximate surface area is 149 Å². The van der Waals surface area contributed by atoms with E-state index in [-0.39, 0.29) is 0 Å². The summed E-state index contributed by atoms with van der Waals surface area (Å²) in [6, 6.07) is 4.17. The lowest BCUT2D eigenvalue weighted by molar-refractivity contribution is -0.0605. The van der Waals surface area contributed by atoms with Crippen molar-refractivity contribution in [2.45, 2.75) is 51.1 Å². The first kappa shape index (κ1) is 15.5. The Bertz CT molecular complexity index is 585. The van der Waals surface area contributed by atoms with Gasteiger partial charge >= 0.3 is 0 Å². The van der Waals surface area contributed by atoms with Crippen molar-refractivity contribution in [1.29, 1.82) is 0 Å². The molecule has 4 aliphatic rings. The average Bonchev–Trinajstić information content (AvgIpc) is 2.46. The van der Waals surface area contributed by atoms with Crippen LogP contribution in [0.3, 0.4) is 0 Å². The van der Waals surface area contributed by atoms with E-state index < -0.39 is 0 Å². The molecule has 2 nitrogen and oxygen atoms in total. The van der Waals surface area contributed by atoms with E-state index in [0.717, 1.165) is 44.8 Å². The lowest BCUT2D eigenvalue weighted by Gasteiger charge is -2.60. The zero-order chi connectivity index (χ0) is 15.5. The molecule has 0 amide bonds.